The average Bonchev–Trinajstić information content (AvgIpc) is 2.15. The molecule has 2 atom stereocenters. The molecular formula is C10H13BrFNO2. The highest BCUT2D eigenvalue weighted by Gasteiger charge is 2.18. The minimum absolute atomic E-state index is 0.273. The van der Waals surface area contributed by atoms with Crippen LogP contribution >= 0.6 is 15.9 Å². The Morgan fingerprint density at radius 1 is 1.33 bits per heavy atom. The van der Waals surface area contributed by atoms with Crippen LogP contribution in [-0.4, -0.2) is 22.9 Å². The molecule has 0 heterocycles. The van der Waals surface area contributed by atoms with Crippen LogP contribution in [0.5, 0.6) is 0 Å². The normalized spacial score (nSPS) is 15.0. The second-order valence-corrected chi connectivity index (χ2v) is 4.21. The number of nitrogens with two attached hydrogens (primary N) is 1. The summed E-state index contributed by atoms with van der Waals surface area (Å²) in [5.74, 6) is -0.460. The molecule has 1 aromatic rings. The molecular weight excluding hydrogens is 265 g/mol. The van der Waals surface area contributed by atoms with E-state index in [9.17, 15) is 14.6 Å². The molecule has 0 aromatic heterocycles. The maximum atomic E-state index is 13.0. The molecule has 0 aliphatic heterocycles. The first kappa shape index (κ1) is 12.6. The van der Waals surface area contributed by atoms with Gasteiger partial charge < -0.3 is 15.9 Å². The lowest BCUT2D eigenvalue weighted by molar-refractivity contribution is 0.0148. The van der Waals surface area contributed by atoms with Crippen LogP contribution in [0.2, 0.25) is 0 Å². The van der Waals surface area contributed by atoms with Crippen molar-refractivity contribution in [3.63, 3.8) is 0 Å². The Morgan fingerprint density at radius 3 is 2.53 bits per heavy atom. The number of hydrogen-bond acceptors (Lipinski definition) is 3. The fraction of sp³-hybridized carbons (Fsp3) is 0.400. The highest BCUT2D eigenvalue weighted by molar-refractivity contribution is 9.10. The molecule has 0 spiro atoms. The van der Waals surface area contributed by atoms with Gasteiger partial charge in [0.15, 0.2) is 0 Å². The topological polar surface area (TPSA) is 66.5 Å². The zero-order chi connectivity index (χ0) is 11.4. The Bertz CT molecular complexity index is 315. The number of aliphatic hydroxyl groups excluding tert-OH is 2. The summed E-state index contributed by atoms with van der Waals surface area (Å²) in [7, 11) is 0. The van der Waals surface area contributed by atoms with Crippen LogP contribution in [0.25, 0.3) is 0 Å². The maximum Gasteiger partial charge on any atom is 0.124 e. The maximum absolute atomic E-state index is 13.0. The quantitative estimate of drug-likeness (QED) is 0.778. The first-order valence-corrected chi connectivity index (χ1v) is 5.36. The Hall–Kier alpha value is -0.490. The molecule has 0 saturated carbocycles. The molecule has 0 amide bonds. The van der Waals surface area contributed by atoms with E-state index < -0.39 is 18.0 Å². The lowest BCUT2D eigenvalue weighted by Crippen LogP contribution is -2.21. The van der Waals surface area contributed by atoms with Gasteiger partial charge in [-0.15, -0.1) is 0 Å². The van der Waals surface area contributed by atoms with E-state index in [0.717, 1.165) is 0 Å². The number of halogens is 2. The van der Waals surface area contributed by atoms with E-state index in [1.165, 1.54) is 12.1 Å². The van der Waals surface area contributed by atoms with Crippen LogP contribution in [0.3, 0.4) is 0 Å². The molecule has 84 valence electrons. The third-order valence-electron chi connectivity index (χ3n) is 2.05. The van der Waals surface area contributed by atoms with E-state index in [0.29, 0.717) is 10.0 Å². The summed E-state index contributed by atoms with van der Waals surface area (Å²) in [6.07, 6.45) is -1.81. The Balaban J connectivity index is 2.85. The van der Waals surface area contributed by atoms with Crippen molar-refractivity contribution in [2.75, 3.05) is 6.54 Å². The molecule has 0 aliphatic carbocycles. The first-order valence-electron chi connectivity index (χ1n) is 4.56. The van der Waals surface area contributed by atoms with Crippen molar-refractivity contribution in [3.05, 3.63) is 34.1 Å². The van der Waals surface area contributed by atoms with Gasteiger partial charge in [0.05, 0.1) is 6.10 Å². The van der Waals surface area contributed by atoms with Gasteiger partial charge >= 0.3 is 0 Å². The van der Waals surface area contributed by atoms with Crippen molar-refractivity contribution in [1.29, 1.82) is 0 Å². The monoisotopic (exact) mass is 277 g/mol. The van der Waals surface area contributed by atoms with Gasteiger partial charge in [-0.05, 0) is 36.7 Å². The van der Waals surface area contributed by atoms with Gasteiger partial charge in [-0.2, -0.15) is 0 Å². The van der Waals surface area contributed by atoms with Gasteiger partial charge in [0.25, 0.3) is 0 Å². The van der Waals surface area contributed by atoms with Gasteiger partial charge in [-0.1, -0.05) is 15.9 Å². The fourth-order valence-corrected chi connectivity index (χ4v) is 1.78. The van der Waals surface area contributed by atoms with Gasteiger partial charge in [0.1, 0.15) is 11.9 Å². The Kier molecular flexibility index (Phi) is 4.66. The second kappa shape index (κ2) is 5.55. The van der Waals surface area contributed by atoms with E-state index in [4.69, 9.17) is 5.73 Å². The molecule has 0 bridgehead atoms. The summed E-state index contributed by atoms with van der Waals surface area (Å²) in [6, 6.07) is 4.04. The molecule has 0 radical (unpaired) electrons. The number of rotatable bonds is 4. The SMILES string of the molecule is NCCC(O)C(O)c1cc(F)cc(Br)c1. The van der Waals surface area contributed by atoms with Gasteiger partial charge in [0.2, 0.25) is 0 Å². The van der Waals surface area contributed by atoms with Gasteiger partial charge in [-0.3, -0.25) is 0 Å². The van der Waals surface area contributed by atoms with Crippen LogP contribution in [0, 0.1) is 5.82 Å². The van der Waals surface area contributed by atoms with Crippen molar-refractivity contribution in [2.45, 2.75) is 18.6 Å². The summed E-state index contributed by atoms with van der Waals surface area (Å²) in [4.78, 5) is 0. The molecule has 0 fully saturated rings. The molecule has 0 aliphatic rings. The highest BCUT2D eigenvalue weighted by Crippen LogP contribution is 2.23. The molecule has 1 rings (SSSR count). The summed E-state index contributed by atoms with van der Waals surface area (Å²) < 4.78 is 13.5. The largest absolute Gasteiger partial charge is 0.390 e. The third-order valence-corrected chi connectivity index (χ3v) is 2.51. The molecule has 1 aromatic carbocycles. The summed E-state index contributed by atoms with van der Waals surface area (Å²) in [5.41, 5.74) is 5.59. The summed E-state index contributed by atoms with van der Waals surface area (Å²) in [5, 5.41) is 19.2. The van der Waals surface area contributed by atoms with Crippen LogP contribution in [0.15, 0.2) is 22.7 Å². The fourth-order valence-electron chi connectivity index (χ4n) is 1.30. The number of hydrogen-bond donors (Lipinski definition) is 3. The van der Waals surface area contributed by atoms with E-state index >= 15 is 0 Å². The van der Waals surface area contributed by atoms with Crippen molar-refractivity contribution < 1.29 is 14.6 Å². The smallest absolute Gasteiger partial charge is 0.124 e. The van der Waals surface area contributed by atoms with Gasteiger partial charge in [0, 0.05) is 4.47 Å². The predicted octanol–water partition coefficient (Wildman–Crippen LogP) is 1.33. The molecule has 3 nitrogen and oxygen atoms in total. The second-order valence-electron chi connectivity index (χ2n) is 3.29. The number of aliphatic hydroxyl groups is 2. The van der Waals surface area contributed by atoms with Crippen molar-refractivity contribution in [2.24, 2.45) is 5.73 Å². The van der Waals surface area contributed by atoms with E-state index in [2.05, 4.69) is 15.9 Å². The zero-order valence-electron chi connectivity index (χ0n) is 8.03. The molecule has 4 N–H and O–H groups in total. The van der Waals surface area contributed by atoms with E-state index in [1.54, 1.807) is 6.07 Å². The van der Waals surface area contributed by atoms with E-state index in [-0.39, 0.29) is 13.0 Å². The van der Waals surface area contributed by atoms with Crippen molar-refractivity contribution >= 4 is 15.9 Å². The standard InChI is InChI=1S/C10H13BrFNO2/c11-7-3-6(4-8(12)5-7)10(15)9(14)1-2-13/h3-5,9-10,14-15H,1-2,13H2. The Morgan fingerprint density at radius 2 is 2.00 bits per heavy atom. The first-order chi connectivity index (χ1) is 7.04. The van der Waals surface area contributed by atoms with Crippen molar-refractivity contribution in [3.8, 4) is 0 Å². The lowest BCUT2D eigenvalue weighted by atomic mass is 10.0. The molecule has 0 saturated heterocycles. The van der Waals surface area contributed by atoms with Crippen LogP contribution in [0.4, 0.5) is 4.39 Å². The summed E-state index contributed by atoms with van der Waals surface area (Å²) in [6.45, 7) is 0.273. The molecule has 15 heavy (non-hydrogen) atoms. The average molecular weight is 278 g/mol. The van der Waals surface area contributed by atoms with Gasteiger partial charge in [-0.25, -0.2) is 4.39 Å². The molecule has 5 heteroatoms. The van der Waals surface area contributed by atoms with E-state index in [1.807, 2.05) is 0 Å². The third kappa shape index (κ3) is 3.53. The van der Waals surface area contributed by atoms with Crippen LogP contribution in [0.1, 0.15) is 18.1 Å². The Labute approximate surface area is 95.9 Å². The summed E-state index contributed by atoms with van der Waals surface area (Å²) >= 11 is 3.11. The minimum atomic E-state index is -1.11. The highest BCUT2D eigenvalue weighted by atomic mass is 79.9. The van der Waals surface area contributed by atoms with Crippen molar-refractivity contribution in [1.82, 2.24) is 0 Å². The molecule has 2 unspecified atom stereocenters. The number of benzene rings is 1. The zero-order valence-corrected chi connectivity index (χ0v) is 9.61. The minimum Gasteiger partial charge on any atom is -0.390 e. The van der Waals surface area contributed by atoms with Crippen LogP contribution < -0.4 is 5.73 Å². The lowest BCUT2D eigenvalue weighted by Gasteiger charge is -2.17. The van der Waals surface area contributed by atoms with Crippen LogP contribution in [-0.2, 0) is 0 Å². The predicted molar refractivity (Wildman–Crippen MR) is 58.7 cm³/mol.